The molecule has 0 aliphatic heterocycles. The molecule has 2 aromatic rings. The van der Waals surface area contributed by atoms with Crippen molar-refractivity contribution in [2.45, 2.75) is 26.7 Å². The summed E-state index contributed by atoms with van der Waals surface area (Å²) in [5.74, 6) is 0.386. The Labute approximate surface area is 190 Å². The fourth-order valence-electron chi connectivity index (χ4n) is 3.01. The Hall–Kier alpha value is -3.07. The average molecular weight is 462 g/mol. The van der Waals surface area contributed by atoms with Gasteiger partial charge in [0.2, 0.25) is 15.9 Å². The molecule has 2 N–H and O–H groups in total. The van der Waals surface area contributed by atoms with Crippen LogP contribution in [0.1, 0.15) is 37.0 Å². The predicted octanol–water partition coefficient (Wildman–Crippen LogP) is 3.27. The zero-order valence-corrected chi connectivity index (χ0v) is 19.7. The first kappa shape index (κ1) is 25.2. The van der Waals surface area contributed by atoms with Crippen LogP contribution in [-0.2, 0) is 14.8 Å². The number of benzene rings is 2. The van der Waals surface area contributed by atoms with Crippen molar-refractivity contribution in [2.24, 2.45) is 5.92 Å². The standard InChI is InChI=1S/C23H31N3O5S/c1-17(2)16-24-23(28)20-8-5-6-9-21(20)25-22(27)10-7-15-26(32(4,29)30)18-11-13-19(31-3)14-12-18/h5-6,8-9,11-14,17H,7,10,15-16H2,1-4H3,(H,24,28)(H,25,27). The van der Waals surface area contributed by atoms with Gasteiger partial charge in [0.1, 0.15) is 5.75 Å². The summed E-state index contributed by atoms with van der Waals surface area (Å²) in [5.41, 5.74) is 1.31. The molecular formula is C23H31N3O5S. The summed E-state index contributed by atoms with van der Waals surface area (Å²) in [6, 6.07) is 13.5. The van der Waals surface area contributed by atoms with Crippen LogP contribution in [0.2, 0.25) is 0 Å². The van der Waals surface area contributed by atoms with Gasteiger partial charge in [-0.15, -0.1) is 0 Å². The van der Waals surface area contributed by atoms with Crippen LogP contribution in [0.3, 0.4) is 0 Å². The fourth-order valence-corrected chi connectivity index (χ4v) is 3.98. The summed E-state index contributed by atoms with van der Waals surface area (Å²) >= 11 is 0. The van der Waals surface area contributed by atoms with E-state index in [2.05, 4.69) is 10.6 Å². The second-order valence-electron chi connectivity index (χ2n) is 7.83. The highest BCUT2D eigenvalue weighted by Gasteiger charge is 2.18. The highest BCUT2D eigenvalue weighted by molar-refractivity contribution is 7.92. The predicted molar refractivity (Wildman–Crippen MR) is 127 cm³/mol. The number of hydrogen-bond acceptors (Lipinski definition) is 5. The fraction of sp³-hybridized carbons (Fsp3) is 0.391. The summed E-state index contributed by atoms with van der Waals surface area (Å²) in [6.45, 7) is 4.68. The van der Waals surface area contributed by atoms with Crippen molar-refractivity contribution in [3.05, 3.63) is 54.1 Å². The Morgan fingerprint density at radius 2 is 1.72 bits per heavy atom. The van der Waals surface area contributed by atoms with E-state index in [0.29, 0.717) is 41.6 Å². The van der Waals surface area contributed by atoms with Gasteiger partial charge < -0.3 is 15.4 Å². The molecule has 32 heavy (non-hydrogen) atoms. The molecule has 0 heterocycles. The molecule has 0 aromatic heterocycles. The maximum Gasteiger partial charge on any atom is 0.253 e. The molecule has 2 rings (SSSR count). The SMILES string of the molecule is COc1ccc(N(CCCC(=O)Nc2ccccc2C(=O)NCC(C)C)S(C)(=O)=O)cc1. The van der Waals surface area contributed by atoms with E-state index in [1.54, 1.807) is 48.5 Å². The van der Waals surface area contributed by atoms with Gasteiger partial charge in [-0.3, -0.25) is 13.9 Å². The highest BCUT2D eigenvalue weighted by atomic mass is 32.2. The quantitative estimate of drug-likeness (QED) is 0.534. The molecule has 0 bridgehead atoms. The molecule has 0 saturated heterocycles. The van der Waals surface area contributed by atoms with Gasteiger partial charge in [0.05, 0.1) is 30.3 Å². The van der Waals surface area contributed by atoms with Crippen LogP contribution in [0.25, 0.3) is 0 Å². The Morgan fingerprint density at radius 1 is 1.06 bits per heavy atom. The van der Waals surface area contributed by atoms with E-state index < -0.39 is 10.0 Å². The molecule has 174 valence electrons. The van der Waals surface area contributed by atoms with E-state index in [9.17, 15) is 18.0 Å². The summed E-state index contributed by atoms with van der Waals surface area (Å²) in [4.78, 5) is 24.9. The van der Waals surface area contributed by atoms with Crippen LogP contribution in [0.5, 0.6) is 5.75 Å². The second kappa shape index (κ2) is 11.5. The van der Waals surface area contributed by atoms with Crippen molar-refractivity contribution in [1.29, 1.82) is 0 Å². The zero-order valence-electron chi connectivity index (χ0n) is 18.9. The van der Waals surface area contributed by atoms with Crippen molar-refractivity contribution in [2.75, 3.05) is 36.1 Å². The number of anilines is 2. The van der Waals surface area contributed by atoms with Gasteiger partial charge in [-0.1, -0.05) is 26.0 Å². The number of para-hydroxylation sites is 1. The number of ether oxygens (including phenoxy) is 1. The first-order chi connectivity index (χ1) is 15.1. The first-order valence-corrected chi connectivity index (χ1v) is 12.3. The number of methoxy groups -OCH3 is 1. The number of hydrogen-bond donors (Lipinski definition) is 2. The van der Waals surface area contributed by atoms with Crippen LogP contribution in [-0.4, -0.2) is 46.7 Å². The van der Waals surface area contributed by atoms with Crippen LogP contribution in [0, 0.1) is 5.92 Å². The van der Waals surface area contributed by atoms with Gasteiger partial charge in [-0.2, -0.15) is 0 Å². The lowest BCUT2D eigenvalue weighted by Crippen LogP contribution is -2.31. The minimum Gasteiger partial charge on any atom is -0.497 e. The maximum atomic E-state index is 12.5. The van der Waals surface area contributed by atoms with Gasteiger partial charge in [-0.25, -0.2) is 8.42 Å². The molecule has 0 aliphatic rings. The van der Waals surface area contributed by atoms with E-state index in [0.717, 1.165) is 6.26 Å². The van der Waals surface area contributed by atoms with Crippen molar-refractivity contribution in [3.63, 3.8) is 0 Å². The summed E-state index contributed by atoms with van der Waals surface area (Å²) in [6.07, 6.45) is 1.54. The lowest BCUT2D eigenvalue weighted by molar-refractivity contribution is -0.116. The Morgan fingerprint density at radius 3 is 2.31 bits per heavy atom. The number of nitrogens with zero attached hydrogens (tertiary/aromatic N) is 1. The van der Waals surface area contributed by atoms with E-state index in [1.807, 2.05) is 13.8 Å². The number of carbonyl (C=O) groups excluding carboxylic acids is 2. The molecule has 0 atom stereocenters. The van der Waals surface area contributed by atoms with Crippen molar-refractivity contribution in [3.8, 4) is 5.75 Å². The van der Waals surface area contributed by atoms with E-state index >= 15 is 0 Å². The van der Waals surface area contributed by atoms with Crippen LogP contribution >= 0.6 is 0 Å². The molecule has 9 heteroatoms. The Balaban J connectivity index is 1.99. The second-order valence-corrected chi connectivity index (χ2v) is 9.74. The summed E-state index contributed by atoms with van der Waals surface area (Å²) in [7, 11) is -1.98. The summed E-state index contributed by atoms with van der Waals surface area (Å²) in [5, 5.41) is 5.60. The third-order valence-corrected chi connectivity index (χ3v) is 5.84. The average Bonchev–Trinajstić information content (AvgIpc) is 2.74. The topological polar surface area (TPSA) is 105 Å². The molecule has 2 amide bonds. The minimum atomic E-state index is -3.52. The smallest absolute Gasteiger partial charge is 0.253 e. The lowest BCUT2D eigenvalue weighted by atomic mass is 10.1. The summed E-state index contributed by atoms with van der Waals surface area (Å²) < 4.78 is 30.8. The minimum absolute atomic E-state index is 0.101. The molecule has 0 unspecified atom stereocenters. The third-order valence-electron chi connectivity index (χ3n) is 4.64. The number of nitrogens with one attached hydrogen (secondary N) is 2. The van der Waals surface area contributed by atoms with E-state index in [-0.39, 0.29) is 24.8 Å². The highest BCUT2D eigenvalue weighted by Crippen LogP contribution is 2.22. The molecule has 0 spiro atoms. The molecule has 0 saturated carbocycles. The number of amides is 2. The zero-order chi connectivity index (χ0) is 23.7. The molecule has 8 nitrogen and oxygen atoms in total. The Kier molecular flexibility index (Phi) is 9.07. The third kappa shape index (κ3) is 7.56. The van der Waals surface area contributed by atoms with Crippen LogP contribution in [0.15, 0.2) is 48.5 Å². The van der Waals surface area contributed by atoms with Crippen molar-refractivity contribution in [1.82, 2.24) is 5.32 Å². The van der Waals surface area contributed by atoms with Crippen molar-refractivity contribution >= 4 is 33.2 Å². The van der Waals surface area contributed by atoms with Crippen LogP contribution < -0.4 is 19.7 Å². The Bertz CT molecular complexity index is 1020. The van der Waals surface area contributed by atoms with Gasteiger partial charge in [0.25, 0.3) is 5.91 Å². The molecular weight excluding hydrogens is 430 g/mol. The lowest BCUT2D eigenvalue weighted by Gasteiger charge is -2.22. The van der Waals surface area contributed by atoms with Crippen molar-refractivity contribution < 1.29 is 22.7 Å². The number of rotatable bonds is 11. The maximum absolute atomic E-state index is 12.5. The molecule has 2 aromatic carbocycles. The monoisotopic (exact) mass is 461 g/mol. The number of carbonyl (C=O) groups is 2. The van der Waals surface area contributed by atoms with Crippen LogP contribution in [0.4, 0.5) is 11.4 Å². The van der Waals surface area contributed by atoms with Gasteiger partial charge in [-0.05, 0) is 48.7 Å². The van der Waals surface area contributed by atoms with Gasteiger partial charge in [0, 0.05) is 19.5 Å². The normalized spacial score (nSPS) is 11.2. The molecule has 0 aliphatic carbocycles. The van der Waals surface area contributed by atoms with Gasteiger partial charge >= 0.3 is 0 Å². The largest absolute Gasteiger partial charge is 0.497 e. The molecule has 0 fully saturated rings. The van der Waals surface area contributed by atoms with Gasteiger partial charge in [0.15, 0.2) is 0 Å². The van der Waals surface area contributed by atoms with E-state index in [1.165, 1.54) is 11.4 Å². The van der Waals surface area contributed by atoms with E-state index in [4.69, 9.17) is 4.74 Å². The first-order valence-electron chi connectivity index (χ1n) is 10.4. The molecule has 0 radical (unpaired) electrons. The number of sulfonamides is 1.